The molecule has 0 aliphatic rings. The standard InChI is InChI=1S/C12H10N2O2S.C7H8/c15-17(16)14-12-8-6-11(7-9-12)13-10-4-2-1-3-5-10;1-7-5-3-2-4-6-7/h1-9,13H;2-6H,1H3. The minimum atomic E-state index is -2.41. The molecule has 0 saturated heterocycles. The Morgan fingerprint density at radius 2 is 1.21 bits per heavy atom. The van der Waals surface area contributed by atoms with E-state index in [9.17, 15) is 8.42 Å². The highest BCUT2D eigenvalue weighted by Gasteiger charge is 1.94. The van der Waals surface area contributed by atoms with E-state index in [2.05, 4.69) is 28.7 Å². The van der Waals surface area contributed by atoms with E-state index < -0.39 is 10.5 Å². The fourth-order valence-electron chi connectivity index (χ4n) is 1.91. The number of hydrogen-bond donors (Lipinski definition) is 1. The van der Waals surface area contributed by atoms with Crippen molar-refractivity contribution < 1.29 is 8.42 Å². The maximum absolute atomic E-state index is 10.4. The average Bonchev–Trinajstić information content (AvgIpc) is 2.58. The molecule has 0 amide bonds. The maximum Gasteiger partial charge on any atom is 0.316 e. The van der Waals surface area contributed by atoms with Crippen molar-refractivity contribution in [1.29, 1.82) is 0 Å². The Morgan fingerprint density at radius 3 is 1.67 bits per heavy atom. The molecule has 0 unspecified atom stereocenters. The molecule has 1 N–H and O–H groups in total. The molecule has 4 nitrogen and oxygen atoms in total. The number of nitrogens with one attached hydrogen (secondary N) is 1. The van der Waals surface area contributed by atoms with Crippen LogP contribution in [0.25, 0.3) is 0 Å². The van der Waals surface area contributed by atoms with Gasteiger partial charge in [-0.05, 0) is 43.3 Å². The zero-order valence-electron chi connectivity index (χ0n) is 13.3. The second-order valence-electron chi connectivity index (χ2n) is 5.00. The topological polar surface area (TPSA) is 58.5 Å². The summed E-state index contributed by atoms with van der Waals surface area (Å²) < 4.78 is 24.1. The smallest absolute Gasteiger partial charge is 0.316 e. The van der Waals surface area contributed by atoms with Crippen LogP contribution in [0.3, 0.4) is 0 Å². The third kappa shape index (κ3) is 6.46. The van der Waals surface area contributed by atoms with Crippen molar-refractivity contribution in [3.05, 3.63) is 90.5 Å². The van der Waals surface area contributed by atoms with E-state index in [1.165, 1.54) is 5.56 Å². The molecule has 3 rings (SSSR count). The van der Waals surface area contributed by atoms with E-state index in [0.717, 1.165) is 11.4 Å². The zero-order chi connectivity index (χ0) is 17.2. The lowest BCUT2D eigenvalue weighted by atomic mass is 10.2. The van der Waals surface area contributed by atoms with E-state index in [4.69, 9.17) is 0 Å². The maximum atomic E-state index is 10.4. The van der Waals surface area contributed by atoms with Crippen LogP contribution in [0.5, 0.6) is 0 Å². The minimum absolute atomic E-state index is 0.414. The molecule has 5 heteroatoms. The quantitative estimate of drug-likeness (QED) is 0.721. The Balaban J connectivity index is 0.000000249. The molecule has 0 spiro atoms. The van der Waals surface area contributed by atoms with Gasteiger partial charge in [-0.1, -0.05) is 54.1 Å². The first-order chi connectivity index (χ1) is 11.6. The molecule has 0 fully saturated rings. The summed E-state index contributed by atoms with van der Waals surface area (Å²) in [4.78, 5) is 0. The van der Waals surface area contributed by atoms with Crippen molar-refractivity contribution in [2.45, 2.75) is 6.92 Å². The summed E-state index contributed by atoms with van der Waals surface area (Å²) >= 11 is 0. The lowest BCUT2D eigenvalue weighted by Gasteiger charge is -2.05. The van der Waals surface area contributed by atoms with Gasteiger partial charge in [-0.3, -0.25) is 0 Å². The first-order valence-corrected chi connectivity index (χ1v) is 8.41. The largest absolute Gasteiger partial charge is 0.356 e. The van der Waals surface area contributed by atoms with Gasteiger partial charge in [0.05, 0.1) is 5.69 Å². The molecule has 122 valence electrons. The van der Waals surface area contributed by atoms with Gasteiger partial charge in [0.15, 0.2) is 0 Å². The van der Waals surface area contributed by atoms with Crippen LogP contribution in [-0.4, -0.2) is 8.42 Å². The van der Waals surface area contributed by atoms with Crippen molar-refractivity contribution >= 4 is 27.6 Å². The van der Waals surface area contributed by atoms with Gasteiger partial charge in [-0.15, -0.1) is 4.36 Å². The molecule has 24 heavy (non-hydrogen) atoms. The highest BCUT2D eigenvalue weighted by Crippen LogP contribution is 2.19. The average molecular weight is 338 g/mol. The van der Waals surface area contributed by atoms with E-state index in [1.54, 1.807) is 24.3 Å². The molecule has 0 aliphatic heterocycles. The lowest BCUT2D eigenvalue weighted by Crippen LogP contribution is -1.88. The second kappa shape index (κ2) is 9.27. The van der Waals surface area contributed by atoms with Crippen LogP contribution in [0, 0.1) is 6.92 Å². The summed E-state index contributed by atoms with van der Waals surface area (Å²) in [6.45, 7) is 2.08. The van der Waals surface area contributed by atoms with Crippen molar-refractivity contribution in [2.24, 2.45) is 4.36 Å². The molecular formula is C19H18N2O2S. The number of nitrogens with zero attached hydrogens (tertiary/aromatic N) is 1. The van der Waals surface area contributed by atoms with Gasteiger partial charge in [0.2, 0.25) is 0 Å². The SMILES string of the molecule is Cc1ccccc1.O=S(=O)=Nc1ccc(Nc2ccccc2)cc1. The lowest BCUT2D eigenvalue weighted by molar-refractivity contribution is 0.622. The number of aryl methyl sites for hydroxylation is 1. The molecular weight excluding hydrogens is 320 g/mol. The fourth-order valence-corrected chi connectivity index (χ4v) is 2.21. The van der Waals surface area contributed by atoms with Crippen molar-refractivity contribution in [1.82, 2.24) is 0 Å². The van der Waals surface area contributed by atoms with Gasteiger partial charge in [-0.2, -0.15) is 8.42 Å². The third-order valence-electron chi connectivity index (χ3n) is 3.05. The molecule has 0 aromatic heterocycles. The molecule has 3 aromatic carbocycles. The van der Waals surface area contributed by atoms with Crippen LogP contribution in [-0.2, 0) is 10.5 Å². The van der Waals surface area contributed by atoms with E-state index in [1.807, 2.05) is 48.5 Å². The summed E-state index contributed by atoms with van der Waals surface area (Å²) in [5.74, 6) is 0. The summed E-state index contributed by atoms with van der Waals surface area (Å²) in [7, 11) is -2.41. The number of benzene rings is 3. The number of anilines is 2. The number of hydrogen-bond acceptors (Lipinski definition) is 4. The molecule has 0 saturated carbocycles. The van der Waals surface area contributed by atoms with E-state index in [0.29, 0.717) is 5.69 Å². The van der Waals surface area contributed by atoms with Crippen LogP contribution in [0.2, 0.25) is 0 Å². The van der Waals surface area contributed by atoms with Gasteiger partial charge < -0.3 is 5.32 Å². The van der Waals surface area contributed by atoms with Crippen LogP contribution in [0.4, 0.5) is 17.1 Å². The predicted molar refractivity (Wildman–Crippen MR) is 98.4 cm³/mol. The molecule has 3 aromatic rings. The summed E-state index contributed by atoms with van der Waals surface area (Å²) in [6.07, 6.45) is 0. The van der Waals surface area contributed by atoms with Crippen molar-refractivity contribution in [2.75, 3.05) is 5.32 Å². The summed E-state index contributed by atoms with van der Waals surface area (Å²) in [5, 5.41) is 3.19. The second-order valence-corrected chi connectivity index (χ2v) is 5.62. The Kier molecular flexibility index (Phi) is 6.73. The molecule has 0 atom stereocenters. The Labute approximate surface area is 143 Å². The Bertz CT molecular complexity index is 868. The van der Waals surface area contributed by atoms with Gasteiger partial charge in [0.25, 0.3) is 0 Å². The highest BCUT2D eigenvalue weighted by atomic mass is 32.2. The van der Waals surface area contributed by atoms with Crippen LogP contribution in [0.15, 0.2) is 89.3 Å². The van der Waals surface area contributed by atoms with E-state index in [-0.39, 0.29) is 0 Å². The molecule has 0 aliphatic carbocycles. The van der Waals surface area contributed by atoms with Gasteiger partial charge >= 0.3 is 10.5 Å². The summed E-state index contributed by atoms with van der Waals surface area (Å²) in [5.41, 5.74) is 3.59. The molecule has 0 heterocycles. The normalized spacial score (nSPS) is 9.38. The third-order valence-corrected chi connectivity index (χ3v) is 3.41. The van der Waals surface area contributed by atoms with Crippen LogP contribution in [0.1, 0.15) is 5.56 Å². The highest BCUT2D eigenvalue weighted by molar-refractivity contribution is 7.61. The van der Waals surface area contributed by atoms with Crippen molar-refractivity contribution in [3.8, 4) is 0 Å². The monoisotopic (exact) mass is 338 g/mol. The van der Waals surface area contributed by atoms with Gasteiger partial charge in [0, 0.05) is 11.4 Å². The first-order valence-electron chi connectivity index (χ1n) is 7.38. The number of rotatable bonds is 3. The Morgan fingerprint density at radius 1 is 0.708 bits per heavy atom. The van der Waals surface area contributed by atoms with Crippen LogP contribution < -0.4 is 5.32 Å². The Hall–Kier alpha value is -2.92. The van der Waals surface area contributed by atoms with Gasteiger partial charge in [-0.25, -0.2) is 0 Å². The minimum Gasteiger partial charge on any atom is -0.356 e. The zero-order valence-corrected chi connectivity index (χ0v) is 14.1. The summed E-state index contributed by atoms with van der Waals surface area (Å²) in [6, 6.07) is 26.8. The van der Waals surface area contributed by atoms with Gasteiger partial charge in [0.1, 0.15) is 0 Å². The predicted octanol–water partition coefficient (Wildman–Crippen LogP) is 5.12. The first kappa shape index (κ1) is 17.4. The van der Waals surface area contributed by atoms with Crippen molar-refractivity contribution in [3.63, 3.8) is 0 Å². The molecule has 0 radical (unpaired) electrons. The molecule has 0 bridgehead atoms. The fraction of sp³-hybridized carbons (Fsp3) is 0.0526. The van der Waals surface area contributed by atoms with E-state index >= 15 is 0 Å². The van der Waals surface area contributed by atoms with Crippen LogP contribution >= 0.6 is 0 Å². The number of para-hydroxylation sites is 1.